The molecule has 0 atom stereocenters. The zero-order valence-corrected chi connectivity index (χ0v) is 18.9. The number of carbonyl (C=O) groups is 1. The fourth-order valence-electron chi connectivity index (χ4n) is 4.08. The molecule has 31 heavy (non-hydrogen) atoms. The molecule has 2 saturated heterocycles. The van der Waals surface area contributed by atoms with Crippen LogP contribution in [-0.4, -0.2) is 72.4 Å². The lowest BCUT2D eigenvalue weighted by Gasteiger charge is -2.49. The van der Waals surface area contributed by atoms with Crippen LogP contribution >= 0.6 is 22.6 Å². The molecule has 9 heteroatoms. The van der Waals surface area contributed by atoms with Crippen molar-refractivity contribution in [1.82, 2.24) is 9.80 Å². The monoisotopic (exact) mass is 546 g/mol. The van der Waals surface area contributed by atoms with Crippen molar-refractivity contribution in [2.75, 3.05) is 45.9 Å². The normalized spacial score (nSPS) is 18.7. The molecule has 2 heterocycles. The number of likely N-dealkylation sites (tertiary alicyclic amines) is 1. The fraction of sp³-hybridized carbons (Fsp3) is 0.409. The third-order valence-electron chi connectivity index (χ3n) is 5.69. The molecule has 1 N–H and O–H groups in total. The first-order valence-electron chi connectivity index (χ1n) is 9.98. The molecule has 0 aromatic heterocycles. The lowest BCUT2D eigenvalue weighted by Crippen LogP contribution is -2.68. The lowest BCUT2D eigenvalue weighted by atomic mass is 9.90. The molecule has 0 saturated carbocycles. The van der Waals surface area contributed by atoms with Crippen LogP contribution in [0.15, 0.2) is 30.3 Å². The Kier molecular flexibility index (Phi) is 6.57. The first-order chi connectivity index (χ1) is 14.8. The van der Waals surface area contributed by atoms with Gasteiger partial charge < -0.3 is 14.7 Å². The summed E-state index contributed by atoms with van der Waals surface area (Å²) in [6.45, 7) is 3.24. The SMILES string of the molecule is O=C(c1ccc(F)c(F)c1Cc1ccc(I)cc1F)N1CC(O)(CN2CCOCC2)C1. The second-order valence-corrected chi connectivity index (χ2v) is 9.32. The molecule has 0 spiro atoms. The summed E-state index contributed by atoms with van der Waals surface area (Å²) in [5.41, 5.74) is -1.08. The Bertz CT molecular complexity index is 992. The molecule has 5 nitrogen and oxygen atoms in total. The first kappa shape index (κ1) is 22.5. The van der Waals surface area contributed by atoms with Gasteiger partial charge in [0.2, 0.25) is 0 Å². The largest absolute Gasteiger partial charge is 0.385 e. The van der Waals surface area contributed by atoms with Crippen molar-refractivity contribution in [3.63, 3.8) is 0 Å². The van der Waals surface area contributed by atoms with E-state index in [9.17, 15) is 23.1 Å². The van der Waals surface area contributed by atoms with E-state index in [0.29, 0.717) is 36.4 Å². The minimum Gasteiger partial charge on any atom is -0.385 e. The molecule has 2 aromatic carbocycles. The third-order valence-corrected chi connectivity index (χ3v) is 6.36. The average Bonchev–Trinajstić information content (AvgIpc) is 2.71. The van der Waals surface area contributed by atoms with Gasteiger partial charge in [-0.3, -0.25) is 9.69 Å². The molecule has 1 amide bonds. The molecule has 2 fully saturated rings. The van der Waals surface area contributed by atoms with Gasteiger partial charge in [-0.25, -0.2) is 13.2 Å². The van der Waals surface area contributed by atoms with Crippen LogP contribution in [0.3, 0.4) is 0 Å². The van der Waals surface area contributed by atoms with E-state index in [1.165, 1.54) is 23.1 Å². The number of hydrogen-bond donors (Lipinski definition) is 1. The van der Waals surface area contributed by atoms with Crippen molar-refractivity contribution in [1.29, 1.82) is 0 Å². The van der Waals surface area contributed by atoms with Crippen LogP contribution < -0.4 is 0 Å². The average molecular weight is 546 g/mol. The first-order valence-corrected chi connectivity index (χ1v) is 11.1. The summed E-state index contributed by atoms with van der Waals surface area (Å²) in [5.74, 6) is -3.30. The highest BCUT2D eigenvalue weighted by atomic mass is 127. The van der Waals surface area contributed by atoms with Gasteiger partial charge in [0.05, 0.1) is 26.3 Å². The number of halogens is 4. The van der Waals surface area contributed by atoms with Crippen molar-refractivity contribution in [2.45, 2.75) is 12.0 Å². The second kappa shape index (κ2) is 9.05. The Labute approximate surface area is 191 Å². The van der Waals surface area contributed by atoms with Crippen LogP contribution in [0.1, 0.15) is 21.5 Å². The predicted molar refractivity (Wildman–Crippen MR) is 116 cm³/mol. The lowest BCUT2D eigenvalue weighted by molar-refractivity contribution is -0.107. The number of hydrogen-bond acceptors (Lipinski definition) is 4. The van der Waals surface area contributed by atoms with E-state index in [-0.39, 0.29) is 36.2 Å². The van der Waals surface area contributed by atoms with Crippen molar-refractivity contribution in [3.05, 3.63) is 68.0 Å². The Hall–Kier alpha value is -1.69. The van der Waals surface area contributed by atoms with Gasteiger partial charge in [-0.1, -0.05) is 6.07 Å². The van der Waals surface area contributed by atoms with E-state index >= 15 is 0 Å². The van der Waals surface area contributed by atoms with Gasteiger partial charge in [0.1, 0.15) is 11.4 Å². The van der Waals surface area contributed by atoms with E-state index in [1.807, 2.05) is 22.6 Å². The van der Waals surface area contributed by atoms with Gasteiger partial charge in [-0.05, 0) is 52.4 Å². The number of amides is 1. The minimum absolute atomic E-state index is 0.0229. The highest BCUT2D eigenvalue weighted by Crippen LogP contribution is 2.28. The van der Waals surface area contributed by atoms with Crippen LogP contribution in [0, 0.1) is 21.0 Å². The number of aliphatic hydroxyl groups is 1. The van der Waals surface area contributed by atoms with Gasteiger partial charge in [0, 0.05) is 40.8 Å². The van der Waals surface area contributed by atoms with Crippen LogP contribution in [0.4, 0.5) is 13.2 Å². The highest BCUT2D eigenvalue weighted by Gasteiger charge is 2.45. The second-order valence-electron chi connectivity index (χ2n) is 8.07. The van der Waals surface area contributed by atoms with E-state index < -0.39 is 29.0 Å². The van der Waals surface area contributed by atoms with Crippen molar-refractivity contribution < 1.29 is 27.8 Å². The van der Waals surface area contributed by atoms with Crippen molar-refractivity contribution >= 4 is 28.5 Å². The summed E-state index contributed by atoms with van der Waals surface area (Å²) in [6, 6.07) is 6.59. The van der Waals surface area contributed by atoms with E-state index in [1.54, 1.807) is 6.07 Å². The van der Waals surface area contributed by atoms with Crippen molar-refractivity contribution in [2.24, 2.45) is 0 Å². The quantitative estimate of drug-likeness (QED) is 0.587. The van der Waals surface area contributed by atoms with Gasteiger partial charge in [0.15, 0.2) is 11.6 Å². The molecule has 0 radical (unpaired) electrons. The van der Waals surface area contributed by atoms with Crippen LogP contribution in [0.2, 0.25) is 0 Å². The number of nitrogens with zero attached hydrogens (tertiary/aromatic N) is 2. The molecule has 2 aliphatic rings. The number of carbonyl (C=O) groups excluding carboxylic acids is 1. The number of β-amino-alcohol motifs (C(OH)–C–C–N with tert-alkyl or cyclic N) is 1. The molecule has 166 valence electrons. The summed E-state index contributed by atoms with van der Waals surface area (Å²) in [5, 5.41) is 10.7. The van der Waals surface area contributed by atoms with Crippen LogP contribution in [-0.2, 0) is 11.2 Å². The number of rotatable bonds is 5. The summed E-state index contributed by atoms with van der Waals surface area (Å²) in [4.78, 5) is 16.5. The maximum atomic E-state index is 14.6. The molecular weight excluding hydrogens is 524 g/mol. The van der Waals surface area contributed by atoms with Crippen molar-refractivity contribution in [3.8, 4) is 0 Å². The van der Waals surface area contributed by atoms with Crippen LogP contribution in [0.5, 0.6) is 0 Å². The number of ether oxygens (including phenoxy) is 1. The summed E-state index contributed by atoms with van der Waals surface area (Å²) in [6.07, 6.45) is -0.251. The number of morpholine rings is 1. The fourth-order valence-corrected chi connectivity index (χ4v) is 4.53. The Balaban J connectivity index is 1.51. The van der Waals surface area contributed by atoms with E-state index in [4.69, 9.17) is 4.74 Å². The standard InChI is InChI=1S/C22H22F3IN2O3/c23-18-4-3-16(17(20(18)25)9-14-1-2-15(26)10-19(14)24)21(29)28-12-22(30,13-28)11-27-5-7-31-8-6-27/h1-4,10,30H,5-9,11-13H2. The van der Waals surface area contributed by atoms with E-state index in [0.717, 1.165) is 6.07 Å². The highest BCUT2D eigenvalue weighted by molar-refractivity contribution is 14.1. The maximum absolute atomic E-state index is 14.6. The Morgan fingerprint density at radius 3 is 2.48 bits per heavy atom. The third kappa shape index (κ3) is 4.89. The Morgan fingerprint density at radius 1 is 1.10 bits per heavy atom. The summed E-state index contributed by atoms with van der Waals surface area (Å²) in [7, 11) is 0. The molecule has 4 rings (SSSR count). The topological polar surface area (TPSA) is 53.0 Å². The van der Waals surface area contributed by atoms with Gasteiger partial charge in [0.25, 0.3) is 5.91 Å². The van der Waals surface area contributed by atoms with Crippen LogP contribution in [0.25, 0.3) is 0 Å². The van der Waals surface area contributed by atoms with E-state index in [2.05, 4.69) is 4.90 Å². The predicted octanol–water partition coefficient (Wildman–Crippen LogP) is 2.82. The molecule has 2 aliphatic heterocycles. The summed E-state index contributed by atoms with van der Waals surface area (Å²) >= 11 is 1.96. The molecule has 0 bridgehead atoms. The van der Waals surface area contributed by atoms with Gasteiger partial charge >= 0.3 is 0 Å². The smallest absolute Gasteiger partial charge is 0.254 e. The molecule has 0 aliphatic carbocycles. The molecule has 0 unspecified atom stereocenters. The zero-order valence-electron chi connectivity index (χ0n) is 16.7. The van der Waals surface area contributed by atoms with Gasteiger partial charge in [-0.15, -0.1) is 0 Å². The maximum Gasteiger partial charge on any atom is 0.254 e. The van der Waals surface area contributed by atoms with Gasteiger partial charge in [-0.2, -0.15) is 0 Å². The number of benzene rings is 2. The zero-order chi connectivity index (χ0) is 22.2. The minimum atomic E-state index is -1.16. The summed E-state index contributed by atoms with van der Waals surface area (Å²) < 4.78 is 48.8. The Morgan fingerprint density at radius 2 is 1.81 bits per heavy atom. The molecule has 2 aromatic rings. The molecular formula is C22H22F3IN2O3.